The van der Waals surface area contributed by atoms with Crippen LogP contribution in [0.25, 0.3) is 0 Å². The van der Waals surface area contributed by atoms with Crippen molar-refractivity contribution in [2.45, 2.75) is 335 Å². The SMILES string of the molecule is CC/C=C\C/C=C\C/C=C\C/C=C\C/C=C\C/C=C\CCCCC(=O)OC(COC(=O)CCCCCCCCCCCCC)COC(=O)CCCCCCCCCCCCCCCCCC/C=C\C/C=C\C/C=C\CCCCCCC. The Kier molecular flexibility index (Phi) is 65.2. The summed E-state index contributed by atoms with van der Waals surface area (Å²) in [4.78, 5) is 38.3. The van der Waals surface area contributed by atoms with Gasteiger partial charge in [-0.3, -0.25) is 14.4 Å². The topological polar surface area (TPSA) is 78.9 Å². The smallest absolute Gasteiger partial charge is 0.306 e. The highest BCUT2D eigenvalue weighted by Crippen LogP contribution is 2.17. The second-order valence-electron chi connectivity index (χ2n) is 22.7. The van der Waals surface area contributed by atoms with Crippen molar-refractivity contribution in [3.05, 3.63) is 109 Å². The zero-order valence-electron chi connectivity index (χ0n) is 53.3. The minimum Gasteiger partial charge on any atom is -0.462 e. The molecule has 81 heavy (non-hydrogen) atoms. The van der Waals surface area contributed by atoms with Crippen LogP contribution in [-0.4, -0.2) is 37.2 Å². The molecule has 0 rings (SSSR count). The molecule has 1 atom stereocenters. The third kappa shape index (κ3) is 66.8. The van der Waals surface area contributed by atoms with Crippen LogP contribution in [0, 0.1) is 0 Å². The molecule has 0 saturated carbocycles. The maximum Gasteiger partial charge on any atom is 0.306 e. The Balaban J connectivity index is 4.25. The molecule has 1 unspecified atom stereocenters. The number of esters is 3. The van der Waals surface area contributed by atoms with Crippen molar-refractivity contribution in [2.24, 2.45) is 0 Å². The van der Waals surface area contributed by atoms with Gasteiger partial charge in [0, 0.05) is 19.3 Å². The Morgan fingerprint density at radius 2 is 0.481 bits per heavy atom. The van der Waals surface area contributed by atoms with Gasteiger partial charge in [0.05, 0.1) is 0 Å². The first-order chi connectivity index (χ1) is 40.0. The lowest BCUT2D eigenvalue weighted by molar-refractivity contribution is -0.167. The molecule has 6 nitrogen and oxygen atoms in total. The lowest BCUT2D eigenvalue weighted by Crippen LogP contribution is -2.30. The van der Waals surface area contributed by atoms with Crippen molar-refractivity contribution in [1.82, 2.24) is 0 Å². The van der Waals surface area contributed by atoms with Gasteiger partial charge in [-0.05, 0) is 109 Å². The molecule has 0 N–H and O–H groups in total. The van der Waals surface area contributed by atoms with E-state index in [1.165, 1.54) is 180 Å². The fraction of sp³-hybridized carbons (Fsp3) is 0.720. The van der Waals surface area contributed by atoms with Gasteiger partial charge in [0.15, 0.2) is 6.10 Å². The number of allylic oxidation sites excluding steroid dienone is 18. The van der Waals surface area contributed by atoms with E-state index in [2.05, 4.69) is 130 Å². The van der Waals surface area contributed by atoms with E-state index in [1.807, 2.05) is 0 Å². The lowest BCUT2D eigenvalue weighted by atomic mass is 10.0. The summed E-state index contributed by atoms with van der Waals surface area (Å²) in [6.07, 6.45) is 94.1. The van der Waals surface area contributed by atoms with E-state index in [-0.39, 0.29) is 37.5 Å². The molecule has 0 heterocycles. The second-order valence-corrected chi connectivity index (χ2v) is 22.7. The summed E-state index contributed by atoms with van der Waals surface area (Å²) < 4.78 is 16.9. The second kappa shape index (κ2) is 68.6. The van der Waals surface area contributed by atoms with Gasteiger partial charge in [0.1, 0.15) is 13.2 Å². The van der Waals surface area contributed by atoms with Crippen LogP contribution in [-0.2, 0) is 28.6 Å². The first-order valence-corrected chi connectivity index (χ1v) is 34.4. The predicted molar refractivity (Wildman–Crippen MR) is 353 cm³/mol. The highest BCUT2D eigenvalue weighted by atomic mass is 16.6. The minimum absolute atomic E-state index is 0.0933. The summed E-state index contributed by atoms with van der Waals surface area (Å²) in [5, 5.41) is 0. The van der Waals surface area contributed by atoms with Crippen molar-refractivity contribution in [3.8, 4) is 0 Å². The van der Waals surface area contributed by atoms with Gasteiger partial charge in [0.2, 0.25) is 0 Å². The Morgan fingerprint density at radius 1 is 0.259 bits per heavy atom. The van der Waals surface area contributed by atoms with E-state index in [0.717, 1.165) is 103 Å². The van der Waals surface area contributed by atoms with E-state index in [9.17, 15) is 14.4 Å². The molecule has 0 fully saturated rings. The molecule has 0 aliphatic rings. The Bertz CT molecular complexity index is 1620. The van der Waals surface area contributed by atoms with Crippen LogP contribution < -0.4 is 0 Å². The molecule has 0 aliphatic heterocycles. The summed E-state index contributed by atoms with van der Waals surface area (Å²) in [6.45, 7) is 6.50. The Labute approximate surface area is 501 Å². The molecule has 464 valence electrons. The van der Waals surface area contributed by atoms with E-state index in [4.69, 9.17) is 14.2 Å². The molecule has 0 aromatic carbocycles. The van der Waals surface area contributed by atoms with Crippen LogP contribution in [0.3, 0.4) is 0 Å². The van der Waals surface area contributed by atoms with Crippen molar-refractivity contribution in [2.75, 3.05) is 13.2 Å². The molecule has 0 aromatic rings. The summed E-state index contributed by atoms with van der Waals surface area (Å²) >= 11 is 0. The Hall–Kier alpha value is -3.93. The van der Waals surface area contributed by atoms with Gasteiger partial charge in [-0.25, -0.2) is 0 Å². The molecule has 0 bridgehead atoms. The van der Waals surface area contributed by atoms with Crippen LogP contribution in [0.15, 0.2) is 109 Å². The number of hydrogen-bond donors (Lipinski definition) is 0. The van der Waals surface area contributed by atoms with Crippen molar-refractivity contribution in [3.63, 3.8) is 0 Å². The standard InChI is InChI=1S/C75H128O6/c1-4-7-10-13-16-19-22-24-26-28-30-32-33-34-35-36-37-38-39-40-41-43-44-46-48-50-53-56-59-62-65-68-74(77)80-71-72(70-79-73(76)67-64-61-58-55-52-21-18-15-12-9-6-3)81-75(78)69-66-63-60-57-54-51-49-47-45-42-31-29-27-25-23-20-17-14-11-8-5-2/h8,11,17,20,22,24-25,27-28,30-31,33-34,42,47,49,54,57,72H,4-7,9-10,12-16,18-19,21,23,26,29,32,35-41,43-46,48,50-53,55-56,58-71H2,1-3H3/b11-8-,20-17-,24-22-,27-25-,30-28-,34-33-,42-31-,49-47-,57-54-. The number of hydrogen-bond acceptors (Lipinski definition) is 6. The highest BCUT2D eigenvalue weighted by molar-refractivity contribution is 5.71. The van der Waals surface area contributed by atoms with Crippen molar-refractivity contribution >= 4 is 17.9 Å². The van der Waals surface area contributed by atoms with Gasteiger partial charge >= 0.3 is 17.9 Å². The molecule has 0 radical (unpaired) electrons. The average Bonchev–Trinajstić information content (AvgIpc) is 3.47. The summed E-state index contributed by atoms with van der Waals surface area (Å²) in [5.41, 5.74) is 0. The van der Waals surface area contributed by atoms with Gasteiger partial charge in [0.25, 0.3) is 0 Å². The van der Waals surface area contributed by atoms with E-state index < -0.39 is 6.10 Å². The zero-order chi connectivity index (χ0) is 58.5. The zero-order valence-corrected chi connectivity index (χ0v) is 53.3. The van der Waals surface area contributed by atoms with E-state index >= 15 is 0 Å². The molecular weight excluding hydrogens is 997 g/mol. The van der Waals surface area contributed by atoms with Crippen LogP contribution in [0.5, 0.6) is 0 Å². The Morgan fingerprint density at radius 3 is 0.778 bits per heavy atom. The maximum atomic E-state index is 12.9. The van der Waals surface area contributed by atoms with E-state index in [0.29, 0.717) is 19.3 Å². The first-order valence-electron chi connectivity index (χ1n) is 34.4. The monoisotopic (exact) mass is 1120 g/mol. The van der Waals surface area contributed by atoms with Crippen molar-refractivity contribution in [1.29, 1.82) is 0 Å². The fourth-order valence-corrected chi connectivity index (χ4v) is 9.63. The van der Waals surface area contributed by atoms with Crippen LogP contribution >= 0.6 is 0 Å². The quantitative estimate of drug-likeness (QED) is 0.0261. The molecule has 0 aromatic heterocycles. The number of carbonyl (C=O) groups is 3. The minimum atomic E-state index is -0.801. The lowest BCUT2D eigenvalue weighted by Gasteiger charge is -2.18. The summed E-state index contributed by atoms with van der Waals surface area (Å²) in [7, 11) is 0. The fourth-order valence-electron chi connectivity index (χ4n) is 9.63. The van der Waals surface area contributed by atoms with Crippen LogP contribution in [0.2, 0.25) is 0 Å². The van der Waals surface area contributed by atoms with Gasteiger partial charge in [-0.1, -0.05) is 310 Å². The summed E-state index contributed by atoms with van der Waals surface area (Å²) in [5.74, 6) is -0.927. The molecule has 0 spiro atoms. The maximum absolute atomic E-state index is 12.9. The number of unbranched alkanes of at least 4 members (excludes halogenated alkanes) is 33. The number of carbonyl (C=O) groups excluding carboxylic acids is 3. The summed E-state index contributed by atoms with van der Waals surface area (Å²) in [6, 6.07) is 0. The average molecular weight is 1130 g/mol. The number of rotatable bonds is 62. The molecule has 0 aliphatic carbocycles. The molecule has 0 saturated heterocycles. The number of ether oxygens (including phenoxy) is 3. The van der Waals surface area contributed by atoms with Gasteiger partial charge in [-0.2, -0.15) is 0 Å². The van der Waals surface area contributed by atoms with Gasteiger partial charge in [-0.15, -0.1) is 0 Å². The normalized spacial score (nSPS) is 12.8. The van der Waals surface area contributed by atoms with Crippen molar-refractivity contribution < 1.29 is 28.6 Å². The van der Waals surface area contributed by atoms with Gasteiger partial charge < -0.3 is 14.2 Å². The van der Waals surface area contributed by atoms with Crippen LogP contribution in [0.1, 0.15) is 329 Å². The van der Waals surface area contributed by atoms with E-state index in [1.54, 1.807) is 0 Å². The molecular formula is C75H128O6. The predicted octanol–water partition coefficient (Wildman–Crippen LogP) is 23.8. The van der Waals surface area contributed by atoms with Crippen LogP contribution in [0.4, 0.5) is 0 Å². The third-order valence-electron chi connectivity index (χ3n) is 14.8. The molecule has 0 amide bonds. The first kappa shape index (κ1) is 77.1. The third-order valence-corrected chi connectivity index (χ3v) is 14.8. The largest absolute Gasteiger partial charge is 0.462 e. The molecule has 6 heteroatoms. The highest BCUT2D eigenvalue weighted by Gasteiger charge is 2.19.